The Morgan fingerprint density at radius 3 is 2.61 bits per heavy atom. The second-order valence-corrected chi connectivity index (χ2v) is 4.42. The number of carbonyl (C=O) groups excluding carboxylic acids is 2. The number of carbonyl (C=O) groups is 2. The molecule has 0 unspecified atom stereocenters. The van der Waals surface area contributed by atoms with Gasteiger partial charge >= 0.3 is 6.03 Å². The van der Waals surface area contributed by atoms with Crippen molar-refractivity contribution >= 4 is 17.5 Å². The van der Waals surface area contributed by atoms with Gasteiger partial charge in [-0.05, 0) is 25.5 Å². The highest BCUT2D eigenvalue weighted by Gasteiger charge is 2.12. The van der Waals surface area contributed by atoms with Crippen LogP contribution in [0.4, 0.5) is 10.5 Å². The molecule has 0 saturated carbocycles. The Balaban J connectivity index is 2.86. The number of aryl methyl sites for hydroxylation is 1. The number of anilines is 1. The predicted molar refractivity (Wildman–Crippen MR) is 72.9 cm³/mol. The van der Waals surface area contributed by atoms with E-state index in [2.05, 4.69) is 12.2 Å². The number of hydrogen-bond acceptors (Lipinski definition) is 2. The molecule has 0 saturated heterocycles. The number of amides is 2. The molecule has 0 aliphatic heterocycles. The van der Waals surface area contributed by atoms with Crippen molar-refractivity contribution in [3.05, 3.63) is 29.3 Å². The van der Waals surface area contributed by atoms with Crippen molar-refractivity contribution in [2.45, 2.75) is 39.5 Å². The number of benzene rings is 1. The number of hydrogen-bond donors (Lipinski definition) is 2. The Hall–Kier alpha value is -1.84. The highest BCUT2D eigenvalue weighted by molar-refractivity contribution is 6.04. The molecule has 0 bridgehead atoms. The van der Waals surface area contributed by atoms with E-state index in [0.29, 0.717) is 17.7 Å². The van der Waals surface area contributed by atoms with Gasteiger partial charge in [-0.3, -0.25) is 4.79 Å². The summed E-state index contributed by atoms with van der Waals surface area (Å²) in [4.78, 5) is 23.0. The number of rotatable bonds is 6. The Labute approximate surface area is 108 Å². The van der Waals surface area contributed by atoms with Gasteiger partial charge in [-0.15, -0.1) is 0 Å². The Bertz CT molecular complexity index is 441. The van der Waals surface area contributed by atoms with Crippen molar-refractivity contribution in [2.24, 2.45) is 5.73 Å². The molecule has 3 N–H and O–H groups in total. The van der Waals surface area contributed by atoms with Crippen LogP contribution in [0.5, 0.6) is 0 Å². The first-order valence-electron chi connectivity index (χ1n) is 6.25. The van der Waals surface area contributed by atoms with E-state index in [1.807, 2.05) is 13.0 Å². The molecule has 1 rings (SSSR count). The fourth-order valence-electron chi connectivity index (χ4n) is 1.80. The smallest absolute Gasteiger partial charge is 0.316 e. The molecule has 0 radical (unpaired) electrons. The van der Waals surface area contributed by atoms with Crippen LogP contribution in [0.3, 0.4) is 0 Å². The zero-order valence-corrected chi connectivity index (χ0v) is 11.0. The van der Waals surface area contributed by atoms with Gasteiger partial charge in [0.1, 0.15) is 0 Å². The summed E-state index contributed by atoms with van der Waals surface area (Å²) in [6.45, 7) is 4.01. The average Bonchev–Trinajstić information content (AvgIpc) is 2.31. The van der Waals surface area contributed by atoms with E-state index in [-0.39, 0.29) is 5.78 Å². The van der Waals surface area contributed by atoms with Gasteiger partial charge in [0.2, 0.25) is 0 Å². The third-order valence-corrected chi connectivity index (χ3v) is 2.74. The Morgan fingerprint density at radius 2 is 2.00 bits per heavy atom. The van der Waals surface area contributed by atoms with Gasteiger partial charge in [-0.25, -0.2) is 4.79 Å². The number of unbranched alkanes of at least 4 members (excludes halogenated alkanes) is 2. The summed E-state index contributed by atoms with van der Waals surface area (Å²) in [5.41, 5.74) is 7.12. The number of nitrogens with one attached hydrogen (secondary N) is 1. The second-order valence-electron chi connectivity index (χ2n) is 4.42. The summed E-state index contributed by atoms with van der Waals surface area (Å²) in [5.74, 6) is 0.0518. The van der Waals surface area contributed by atoms with Crippen molar-refractivity contribution in [2.75, 3.05) is 5.32 Å². The number of primary amides is 1. The van der Waals surface area contributed by atoms with Crippen LogP contribution < -0.4 is 11.1 Å². The number of Topliss-reactive ketones (excluding diaryl/α,β-unsaturated/α-hetero) is 1. The molecule has 0 aliphatic rings. The predicted octanol–water partition coefficient (Wildman–Crippen LogP) is 3.25. The molecular formula is C14H20N2O2. The first kappa shape index (κ1) is 14.2. The maximum atomic E-state index is 12.1. The van der Waals surface area contributed by atoms with Crippen molar-refractivity contribution in [1.82, 2.24) is 0 Å². The highest BCUT2D eigenvalue weighted by Crippen LogP contribution is 2.20. The monoisotopic (exact) mass is 248 g/mol. The van der Waals surface area contributed by atoms with E-state index >= 15 is 0 Å². The quantitative estimate of drug-likeness (QED) is 0.599. The molecule has 0 aliphatic carbocycles. The molecule has 0 aromatic heterocycles. The van der Waals surface area contributed by atoms with Crippen molar-refractivity contribution in [1.29, 1.82) is 0 Å². The third-order valence-electron chi connectivity index (χ3n) is 2.74. The van der Waals surface area contributed by atoms with Crippen LogP contribution in [0.1, 0.15) is 48.5 Å². The first-order valence-corrected chi connectivity index (χ1v) is 6.25. The lowest BCUT2D eigenvalue weighted by Crippen LogP contribution is -2.21. The molecule has 1 aromatic carbocycles. The standard InChI is InChI=1S/C14H20N2O2/c1-3-4-5-6-13(17)11-9-10(2)7-8-12(11)16-14(15)18/h7-9H,3-6H2,1-2H3,(H3,15,16,18). The van der Waals surface area contributed by atoms with Crippen LogP contribution >= 0.6 is 0 Å². The van der Waals surface area contributed by atoms with Crippen LogP contribution in [0.15, 0.2) is 18.2 Å². The van der Waals surface area contributed by atoms with Gasteiger partial charge in [0.25, 0.3) is 0 Å². The summed E-state index contributed by atoms with van der Waals surface area (Å²) in [6, 6.07) is 4.70. The molecular weight excluding hydrogens is 228 g/mol. The fourth-order valence-corrected chi connectivity index (χ4v) is 1.80. The van der Waals surface area contributed by atoms with Gasteiger partial charge in [0, 0.05) is 12.0 Å². The minimum atomic E-state index is -0.651. The lowest BCUT2D eigenvalue weighted by Gasteiger charge is -2.09. The maximum absolute atomic E-state index is 12.1. The molecule has 98 valence electrons. The van der Waals surface area contributed by atoms with Crippen molar-refractivity contribution in [3.63, 3.8) is 0 Å². The largest absolute Gasteiger partial charge is 0.351 e. The Morgan fingerprint density at radius 1 is 1.28 bits per heavy atom. The fraction of sp³-hybridized carbons (Fsp3) is 0.429. The summed E-state index contributed by atoms with van der Waals surface area (Å²) < 4.78 is 0. The third kappa shape index (κ3) is 4.20. The van der Waals surface area contributed by atoms with Crippen LogP contribution in [0.25, 0.3) is 0 Å². The van der Waals surface area contributed by atoms with E-state index in [1.165, 1.54) is 0 Å². The van der Waals surface area contributed by atoms with E-state index in [4.69, 9.17) is 5.73 Å². The molecule has 4 heteroatoms. The molecule has 0 atom stereocenters. The van der Waals surface area contributed by atoms with E-state index < -0.39 is 6.03 Å². The zero-order chi connectivity index (χ0) is 13.5. The van der Waals surface area contributed by atoms with Crippen molar-refractivity contribution in [3.8, 4) is 0 Å². The van der Waals surface area contributed by atoms with Gasteiger partial charge in [0.15, 0.2) is 5.78 Å². The summed E-state index contributed by atoms with van der Waals surface area (Å²) in [6.07, 6.45) is 3.49. The first-order chi connectivity index (χ1) is 8.54. The summed E-state index contributed by atoms with van der Waals surface area (Å²) >= 11 is 0. The highest BCUT2D eigenvalue weighted by atomic mass is 16.2. The molecule has 0 heterocycles. The van der Waals surface area contributed by atoms with Gasteiger partial charge in [0.05, 0.1) is 5.69 Å². The molecule has 1 aromatic rings. The van der Waals surface area contributed by atoms with Crippen LogP contribution in [0, 0.1) is 6.92 Å². The maximum Gasteiger partial charge on any atom is 0.316 e. The normalized spacial score (nSPS) is 10.1. The summed E-state index contributed by atoms with van der Waals surface area (Å²) in [7, 11) is 0. The lowest BCUT2D eigenvalue weighted by atomic mass is 10.0. The van der Waals surface area contributed by atoms with E-state index in [1.54, 1.807) is 12.1 Å². The molecule has 2 amide bonds. The zero-order valence-electron chi connectivity index (χ0n) is 11.0. The summed E-state index contributed by atoms with van der Waals surface area (Å²) in [5, 5.41) is 2.49. The number of urea groups is 1. The number of nitrogens with two attached hydrogens (primary N) is 1. The van der Waals surface area contributed by atoms with Gasteiger partial charge < -0.3 is 11.1 Å². The minimum absolute atomic E-state index is 0.0518. The molecule has 4 nitrogen and oxygen atoms in total. The van der Waals surface area contributed by atoms with Crippen molar-refractivity contribution < 1.29 is 9.59 Å². The van der Waals surface area contributed by atoms with E-state index in [0.717, 1.165) is 24.8 Å². The molecule has 0 spiro atoms. The minimum Gasteiger partial charge on any atom is -0.351 e. The van der Waals surface area contributed by atoms with Crippen LogP contribution in [-0.2, 0) is 0 Å². The second kappa shape index (κ2) is 6.79. The average molecular weight is 248 g/mol. The van der Waals surface area contributed by atoms with Gasteiger partial charge in [-0.2, -0.15) is 0 Å². The topological polar surface area (TPSA) is 72.2 Å². The molecule has 18 heavy (non-hydrogen) atoms. The van der Waals surface area contributed by atoms with Gasteiger partial charge in [-0.1, -0.05) is 31.4 Å². The SMILES string of the molecule is CCCCCC(=O)c1cc(C)ccc1NC(N)=O. The molecule has 0 fully saturated rings. The van der Waals surface area contributed by atoms with Crippen LogP contribution in [-0.4, -0.2) is 11.8 Å². The van der Waals surface area contributed by atoms with E-state index in [9.17, 15) is 9.59 Å². The number of ketones is 1. The lowest BCUT2D eigenvalue weighted by molar-refractivity contribution is 0.0980. The van der Waals surface area contributed by atoms with Crippen LogP contribution in [0.2, 0.25) is 0 Å². The Kier molecular flexibility index (Phi) is 5.36.